The number of urea groups is 1. The number of imidazole rings is 1. The molecule has 1 aliphatic carbocycles. The second kappa shape index (κ2) is 6.68. The standard InChI is InChI=1S/C19H23N5O3/c1-13-6-2-4-8-19(13)17(26)24(18(27)22-19)12-16(25)20-10-14-11-23-9-5-3-7-15(23)21-14/h3,5,7,9,11,13H,2,4,6,8,10,12H2,1H3,(H,20,25)(H,22,27)/t13-,19-/m1/s1. The molecule has 2 fully saturated rings. The molecule has 3 heterocycles. The van der Waals surface area contributed by atoms with Gasteiger partial charge in [-0.25, -0.2) is 9.78 Å². The highest BCUT2D eigenvalue weighted by atomic mass is 16.2. The van der Waals surface area contributed by atoms with E-state index in [-0.39, 0.29) is 30.8 Å². The number of imide groups is 1. The maximum atomic E-state index is 12.9. The summed E-state index contributed by atoms with van der Waals surface area (Å²) in [4.78, 5) is 43.0. The summed E-state index contributed by atoms with van der Waals surface area (Å²) in [6, 6.07) is 5.20. The van der Waals surface area contributed by atoms with Crippen molar-refractivity contribution in [1.82, 2.24) is 24.9 Å². The predicted octanol–water partition coefficient (Wildman–Crippen LogP) is 1.45. The van der Waals surface area contributed by atoms with Crippen LogP contribution in [0.3, 0.4) is 0 Å². The Hall–Kier alpha value is -2.90. The van der Waals surface area contributed by atoms with Gasteiger partial charge in [-0.1, -0.05) is 25.8 Å². The van der Waals surface area contributed by atoms with Gasteiger partial charge in [-0.15, -0.1) is 0 Å². The molecule has 8 nitrogen and oxygen atoms in total. The summed E-state index contributed by atoms with van der Waals surface area (Å²) < 4.78 is 1.87. The van der Waals surface area contributed by atoms with Gasteiger partial charge in [-0.05, 0) is 30.9 Å². The summed E-state index contributed by atoms with van der Waals surface area (Å²) in [5, 5.41) is 5.60. The summed E-state index contributed by atoms with van der Waals surface area (Å²) in [6.07, 6.45) is 7.22. The molecular formula is C19H23N5O3. The first-order chi connectivity index (χ1) is 13.0. The van der Waals surface area contributed by atoms with Crippen molar-refractivity contribution in [2.45, 2.75) is 44.7 Å². The topological polar surface area (TPSA) is 95.8 Å². The van der Waals surface area contributed by atoms with E-state index in [9.17, 15) is 14.4 Å². The minimum absolute atomic E-state index is 0.0775. The van der Waals surface area contributed by atoms with E-state index in [1.54, 1.807) is 0 Å². The largest absolute Gasteiger partial charge is 0.349 e. The third-order valence-electron chi connectivity index (χ3n) is 5.68. The van der Waals surface area contributed by atoms with Crippen LogP contribution in [0.15, 0.2) is 30.6 Å². The van der Waals surface area contributed by atoms with Crippen LogP contribution in [0.2, 0.25) is 0 Å². The third-order valence-corrected chi connectivity index (χ3v) is 5.68. The number of nitrogens with zero attached hydrogens (tertiary/aromatic N) is 3. The van der Waals surface area contributed by atoms with Crippen LogP contribution in [0.25, 0.3) is 5.65 Å². The highest BCUT2D eigenvalue weighted by Crippen LogP contribution is 2.38. The van der Waals surface area contributed by atoms with Crippen molar-refractivity contribution in [1.29, 1.82) is 0 Å². The Kier molecular flexibility index (Phi) is 4.33. The molecule has 2 N–H and O–H groups in total. The average molecular weight is 369 g/mol. The predicted molar refractivity (Wildman–Crippen MR) is 97.6 cm³/mol. The molecule has 0 aromatic carbocycles. The fraction of sp³-hybridized carbons (Fsp3) is 0.474. The Labute approximate surface area is 156 Å². The molecule has 2 aromatic rings. The highest BCUT2D eigenvalue weighted by Gasteiger charge is 2.55. The van der Waals surface area contributed by atoms with Gasteiger partial charge in [0.2, 0.25) is 5.91 Å². The van der Waals surface area contributed by atoms with Crippen LogP contribution >= 0.6 is 0 Å². The number of carbonyl (C=O) groups is 3. The maximum absolute atomic E-state index is 12.9. The minimum atomic E-state index is -0.836. The SMILES string of the molecule is C[C@@H]1CCCC[C@@]12NC(=O)N(CC(=O)NCc1cn3ccccc3n1)C2=O. The molecule has 4 amide bonds. The van der Waals surface area contributed by atoms with Crippen LogP contribution in [0.1, 0.15) is 38.3 Å². The van der Waals surface area contributed by atoms with E-state index in [2.05, 4.69) is 15.6 Å². The first kappa shape index (κ1) is 17.5. The lowest BCUT2D eigenvalue weighted by molar-refractivity contribution is -0.137. The maximum Gasteiger partial charge on any atom is 0.325 e. The number of pyridine rings is 1. The number of fused-ring (bicyclic) bond motifs is 1. The Balaban J connectivity index is 1.39. The van der Waals surface area contributed by atoms with E-state index in [4.69, 9.17) is 0 Å². The lowest BCUT2D eigenvalue weighted by Gasteiger charge is -2.36. The molecule has 1 saturated heterocycles. The normalized spacial score (nSPS) is 25.2. The van der Waals surface area contributed by atoms with E-state index in [0.717, 1.165) is 29.8 Å². The van der Waals surface area contributed by atoms with Gasteiger partial charge < -0.3 is 15.0 Å². The monoisotopic (exact) mass is 369 g/mol. The highest BCUT2D eigenvalue weighted by molar-refractivity contribution is 6.09. The summed E-state index contributed by atoms with van der Waals surface area (Å²) in [5.74, 6) is -0.576. The van der Waals surface area contributed by atoms with Crippen molar-refractivity contribution in [2.24, 2.45) is 5.92 Å². The van der Waals surface area contributed by atoms with Gasteiger partial charge in [-0.3, -0.25) is 14.5 Å². The molecule has 0 bridgehead atoms. The fourth-order valence-corrected chi connectivity index (χ4v) is 4.10. The van der Waals surface area contributed by atoms with Crippen molar-refractivity contribution in [2.75, 3.05) is 6.54 Å². The second-order valence-electron chi connectivity index (χ2n) is 7.41. The van der Waals surface area contributed by atoms with Crippen molar-refractivity contribution >= 4 is 23.5 Å². The number of rotatable bonds is 4. The third kappa shape index (κ3) is 3.05. The second-order valence-corrected chi connectivity index (χ2v) is 7.41. The van der Waals surface area contributed by atoms with Gasteiger partial charge in [0.1, 0.15) is 17.7 Å². The van der Waals surface area contributed by atoms with Gasteiger partial charge in [0, 0.05) is 12.4 Å². The Morgan fingerprint density at radius 1 is 1.37 bits per heavy atom. The lowest BCUT2D eigenvalue weighted by atomic mass is 9.73. The van der Waals surface area contributed by atoms with Crippen molar-refractivity contribution in [3.05, 3.63) is 36.3 Å². The van der Waals surface area contributed by atoms with Crippen molar-refractivity contribution in [3.8, 4) is 0 Å². The van der Waals surface area contributed by atoms with Crippen LogP contribution in [0.5, 0.6) is 0 Å². The molecule has 1 aliphatic heterocycles. The van der Waals surface area contributed by atoms with Gasteiger partial charge >= 0.3 is 6.03 Å². The number of aromatic nitrogens is 2. The molecule has 4 rings (SSSR count). The van der Waals surface area contributed by atoms with Crippen LogP contribution < -0.4 is 10.6 Å². The minimum Gasteiger partial charge on any atom is -0.349 e. The van der Waals surface area contributed by atoms with Crippen LogP contribution in [-0.4, -0.2) is 44.2 Å². The van der Waals surface area contributed by atoms with E-state index < -0.39 is 11.6 Å². The van der Waals surface area contributed by atoms with Gasteiger partial charge in [-0.2, -0.15) is 0 Å². The number of carbonyl (C=O) groups excluding carboxylic acids is 3. The van der Waals surface area contributed by atoms with Crippen LogP contribution in [-0.2, 0) is 16.1 Å². The number of hydrogen-bond acceptors (Lipinski definition) is 4. The first-order valence-electron chi connectivity index (χ1n) is 9.33. The van der Waals surface area contributed by atoms with E-state index in [1.165, 1.54) is 0 Å². The zero-order valence-electron chi connectivity index (χ0n) is 15.3. The summed E-state index contributed by atoms with van der Waals surface area (Å²) >= 11 is 0. The fourth-order valence-electron chi connectivity index (χ4n) is 4.10. The molecule has 142 valence electrons. The molecule has 0 unspecified atom stereocenters. The Morgan fingerprint density at radius 2 is 2.22 bits per heavy atom. The molecule has 2 aliphatic rings. The van der Waals surface area contributed by atoms with E-state index >= 15 is 0 Å². The smallest absolute Gasteiger partial charge is 0.325 e. The zero-order chi connectivity index (χ0) is 19.0. The summed E-state index contributed by atoms with van der Waals surface area (Å²) in [6.45, 7) is 1.96. The molecule has 1 spiro atoms. The molecular weight excluding hydrogens is 346 g/mol. The average Bonchev–Trinajstić information content (AvgIpc) is 3.17. The quantitative estimate of drug-likeness (QED) is 0.798. The Morgan fingerprint density at radius 3 is 3.00 bits per heavy atom. The van der Waals surface area contributed by atoms with Gasteiger partial charge in [0.15, 0.2) is 0 Å². The van der Waals surface area contributed by atoms with Crippen molar-refractivity contribution in [3.63, 3.8) is 0 Å². The number of amides is 4. The van der Waals surface area contributed by atoms with Crippen LogP contribution in [0.4, 0.5) is 4.79 Å². The summed E-state index contributed by atoms with van der Waals surface area (Å²) in [5.41, 5.74) is 0.671. The molecule has 2 atom stereocenters. The lowest BCUT2D eigenvalue weighted by Crippen LogP contribution is -2.54. The Bertz CT molecular complexity index is 875. The van der Waals surface area contributed by atoms with Gasteiger partial charge in [0.05, 0.1) is 12.2 Å². The first-order valence-corrected chi connectivity index (χ1v) is 9.33. The molecule has 1 saturated carbocycles. The van der Waals surface area contributed by atoms with Gasteiger partial charge in [0.25, 0.3) is 5.91 Å². The number of nitrogens with one attached hydrogen (secondary N) is 2. The molecule has 8 heteroatoms. The molecule has 2 aromatic heterocycles. The molecule has 27 heavy (non-hydrogen) atoms. The zero-order valence-corrected chi connectivity index (χ0v) is 15.3. The summed E-state index contributed by atoms with van der Waals surface area (Å²) in [7, 11) is 0. The van der Waals surface area contributed by atoms with Crippen LogP contribution in [0, 0.1) is 5.92 Å². The number of hydrogen-bond donors (Lipinski definition) is 2. The molecule has 0 radical (unpaired) electrons. The van der Waals surface area contributed by atoms with E-state index in [0.29, 0.717) is 12.1 Å². The van der Waals surface area contributed by atoms with E-state index in [1.807, 2.05) is 41.9 Å². The van der Waals surface area contributed by atoms with Crippen molar-refractivity contribution < 1.29 is 14.4 Å².